The molecule has 0 aliphatic heterocycles. The molecule has 0 bridgehead atoms. The fourth-order valence-corrected chi connectivity index (χ4v) is 1.30. The topological polar surface area (TPSA) is 9.23 Å². The molecular formula is C12H24O. The molecule has 0 saturated heterocycles. The van der Waals surface area contributed by atoms with Gasteiger partial charge in [-0.25, -0.2) is 0 Å². The second-order valence-corrected chi connectivity index (χ2v) is 3.47. The lowest BCUT2D eigenvalue weighted by Gasteiger charge is -2.05. The van der Waals surface area contributed by atoms with Crippen molar-refractivity contribution < 1.29 is 4.74 Å². The highest BCUT2D eigenvalue weighted by Gasteiger charge is 1.95. The monoisotopic (exact) mass is 184 g/mol. The van der Waals surface area contributed by atoms with Gasteiger partial charge >= 0.3 is 0 Å². The van der Waals surface area contributed by atoms with Crippen LogP contribution in [-0.2, 0) is 4.74 Å². The van der Waals surface area contributed by atoms with Gasteiger partial charge in [0.2, 0.25) is 0 Å². The molecule has 0 aromatic carbocycles. The van der Waals surface area contributed by atoms with Gasteiger partial charge in [0.15, 0.2) is 0 Å². The van der Waals surface area contributed by atoms with Crippen molar-refractivity contribution in [2.24, 2.45) is 0 Å². The van der Waals surface area contributed by atoms with Crippen molar-refractivity contribution in [3.63, 3.8) is 0 Å². The summed E-state index contributed by atoms with van der Waals surface area (Å²) < 4.78 is 5.30. The molecule has 0 radical (unpaired) electrons. The number of hydrogen-bond acceptors (Lipinski definition) is 1. The number of ether oxygens (including phenoxy) is 1. The van der Waals surface area contributed by atoms with Crippen LogP contribution in [-0.4, -0.2) is 7.11 Å². The molecule has 13 heavy (non-hydrogen) atoms. The Morgan fingerprint density at radius 1 is 1.08 bits per heavy atom. The number of allylic oxidation sites excluding steroid dienone is 2. The third-order valence-electron chi connectivity index (χ3n) is 2.22. The molecule has 1 heteroatoms. The molecule has 0 unspecified atom stereocenters. The van der Waals surface area contributed by atoms with E-state index in [1.807, 2.05) is 0 Å². The standard InChI is InChI=1S/C12H24O/c1-4-6-8-10-12(13-3)11-9-7-5-2/h10H,4-9,11H2,1-3H3/b12-10-. The summed E-state index contributed by atoms with van der Waals surface area (Å²) in [4.78, 5) is 0. The van der Waals surface area contributed by atoms with Gasteiger partial charge in [-0.2, -0.15) is 0 Å². The fraction of sp³-hybridized carbons (Fsp3) is 0.833. The van der Waals surface area contributed by atoms with Gasteiger partial charge in [0.05, 0.1) is 12.9 Å². The smallest absolute Gasteiger partial charge is 0.0915 e. The molecule has 0 aliphatic rings. The largest absolute Gasteiger partial charge is 0.501 e. The second-order valence-electron chi connectivity index (χ2n) is 3.47. The highest BCUT2D eigenvalue weighted by atomic mass is 16.5. The van der Waals surface area contributed by atoms with Crippen molar-refractivity contribution >= 4 is 0 Å². The molecule has 0 saturated carbocycles. The molecule has 0 atom stereocenters. The lowest BCUT2D eigenvalue weighted by atomic mass is 10.1. The SMILES string of the molecule is CCCC/C=C(/CCCCC)OC. The average molecular weight is 184 g/mol. The third-order valence-corrected chi connectivity index (χ3v) is 2.22. The number of methoxy groups -OCH3 is 1. The maximum Gasteiger partial charge on any atom is 0.0915 e. The van der Waals surface area contributed by atoms with Gasteiger partial charge in [0.25, 0.3) is 0 Å². The first kappa shape index (κ1) is 12.5. The summed E-state index contributed by atoms with van der Waals surface area (Å²) in [6.07, 6.45) is 10.9. The van der Waals surface area contributed by atoms with Crippen molar-refractivity contribution in [1.82, 2.24) is 0 Å². The third kappa shape index (κ3) is 7.89. The van der Waals surface area contributed by atoms with E-state index in [2.05, 4.69) is 19.9 Å². The molecule has 0 aromatic rings. The molecule has 0 spiro atoms. The molecule has 0 fully saturated rings. The quantitative estimate of drug-likeness (QED) is 0.404. The van der Waals surface area contributed by atoms with Crippen LogP contribution < -0.4 is 0 Å². The number of unbranched alkanes of at least 4 members (excludes halogenated alkanes) is 4. The van der Waals surface area contributed by atoms with Crippen LogP contribution in [0.2, 0.25) is 0 Å². The van der Waals surface area contributed by atoms with Crippen LogP contribution >= 0.6 is 0 Å². The van der Waals surface area contributed by atoms with E-state index in [1.165, 1.54) is 44.3 Å². The second kappa shape index (κ2) is 9.63. The van der Waals surface area contributed by atoms with Gasteiger partial charge in [-0.1, -0.05) is 33.1 Å². The lowest BCUT2D eigenvalue weighted by molar-refractivity contribution is 0.272. The van der Waals surface area contributed by atoms with Gasteiger partial charge < -0.3 is 4.74 Å². The zero-order chi connectivity index (χ0) is 9.94. The Hall–Kier alpha value is -0.460. The summed E-state index contributed by atoms with van der Waals surface area (Å²) in [5, 5.41) is 0. The normalized spacial score (nSPS) is 11.8. The Morgan fingerprint density at radius 3 is 2.31 bits per heavy atom. The van der Waals surface area contributed by atoms with E-state index in [4.69, 9.17) is 4.74 Å². The van der Waals surface area contributed by atoms with Crippen LogP contribution in [0.15, 0.2) is 11.8 Å². The average Bonchev–Trinajstić information content (AvgIpc) is 2.16. The Morgan fingerprint density at radius 2 is 1.77 bits per heavy atom. The van der Waals surface area contributed by atoms with Crippen LogP contribution in [0.25, 0.3) is 0 Å². The van der Waals surface area contributed by atoms with Crippen LogP contribution in [0.1, 0.15) is 58.8 Å². The predicted molar refractivity (Wildman–Crippen MR) is 58.8 cm³/mol. The molecule has 0 aliphatic carbocycles. The van der Waals surface area contributed by atoms with Crippen LogP contribution in [0.4, 0.5) is 0 Å². The van der Waals surface area contributed by atoms with Crippen molar-refractivity contribution in [3.8, 4) is 0 Å². The van der Waals surface area contributed by atoms with E-state index in [0.717, 1.165) is 6.42 Å². The van der Waals surface area contributed by atoms with E-state index in [-0.39, 0.29) is 0 Å². The van der Waals surface area contributed by atoms with Crippen molar-refractivity contribution in [1.29, 1.82) is 0 Å². The summed E-state index contributed by atoms with van der Waals surface area (Å²) in [5.41, 5.74) is 0. The predicted octanol–water partition coefficient (Wildman–Crippen LogP) is 4.29. The Labute approximate surface area is 83.2 Å². The van der Waals surface area contributed by atoms with E-state index in [1.54, 1.807) is 7.11 Å². The molecule has 1 nitrogen and oxygen atoms in total. The maximum atomic E-state index is 5.30. The highest BCUT2D eigenvalue weighted by molar-refractivity contribution is 4.92. The zero-order valence-corrected chi connectivity index (χ0v) is 9.44. The fourth-order valence-electron chi connectivity index (χ4n) is 1.30. The highest BCUT2D eigenvalue weighted by Crippen LogP contribution is 2.11. The number of rotatable bonds is 8. The Bertz CT molecular complexity index is 127. The van der Waals surface area contributed by atoms with Crippen molar-refractivity contribution in [2.45, 2.75) is 58.8 Å². The molecular weight excluding hydrogens is 160 g/mol. The molecule has 0 rings (SSSR count). The minimum Gasteiger partial charge on any atom is -0.501 e. The Kier molecular flexibility index (Phi) is 9.29. The van der Waals surface area contributed by atoms with Gasteiger partial charge in [-0.15, -0.1) is 0 Å². The van der Waals surface area contributed by atoms with E-state index in [0.29, 0.717) is 0 Å². The summed E-state index contributed by atoms with van der Waals surface area (Å²) in [7, 11) is 1.78. The lowest BCUT2D eigenvalue weighted by Crippen LogP contribution is -1.87. The van der Waals surface area contributed by atoms with Gasteiger partial charge in [0, 0.05) is 6.42 Å². The minimum atomic E-state index is 1.12. The molecule has 78 valence electrons. The van der Waals surface area contributed by atoms with Gasteiger partial charge in [-0.05, 0) is 25.3 Å². The van der Waals surface area contributed by atoms with Crippen molar-refractivity contribution in [3.05, 3.63) is 11.8 Å². The summed E-state index contributed by atoms with van der Waals surface area (Å²) in [6.45, 7) is 4.45. The summed E-state index contributed by atoms with van der Waals surface area (Å²) in [5.74, 6) is 1.18. The minimum absolute atomic E-state index is 1.12. The molecule has 0 aromatic heterocycles. The summed E-state index contributed by atoms with van der Waals surface area (Å²) >= 11 is 0. The Balaban J connectivity index is 3.54. The molecule has 0 heterocycles. The molecule has 0 N–H and O–H groups in total. The van der Waals surface area contributed by atoms with Crippen molar-refractivity contribution in [2.75, 3.05) is 7.11 Å². The first-order valence-corrected chi connectivity index (χ1v) is 5.58. The van der Waals surface area contributed by atoms with E-state index in [9.17, 15) is 0 Å². The number of hydrogen-bond donors (Lipinski definition) is 0. The van der Waals surface area contributed by atoms with Gasteiger partial charge in [0.1, 0.15) is 0 Å². The van der Waals surface area contributed by atoms with Gasteiger partial charge in [-0.3, -0.25) is 0 Å². The van der Waals surface area contributed by atoms with E-state index >= 15 is 0 Å². The summed E-state index contributed by atoms with van der Waals surface area (Å²) in [6, 6.07) is 0. The first-order chi connectivity index (χ1) is 6.35. The maximum absolute atomic E-state index is 5.30. The van der Waals surface area contributed by atoms with Crippen LogP contribution in [0, 0.1) is 0 Å². The van der Waals surface area contributed by atoms with Crippen LogP contribution in [0.3, 0.4) is 0 Å². The zero-order valence-electron chi connectivity index (χ0n) is 9.44. The van der Waals surface area contributed by atoms with E-state index < -0.39 is 0 Å². The first-order valence-electron chi connectivity index (χ1n) is 5.58. The molecule has 0 amide bonds. The van der Waals surface area contributed by atoms with Crippen LogP contribution in [0.5, 0.6) is 0 Å².